The summed E-state index contributed by atoms with van der Waals surface area (Å²) in [5.41, 5.74) is 8.11. The van der Waals surface area contributed by atoms with Crippen LogP contribution in [0, 0.1) is 0 Å². The number of rotatable bonds is 3. The van der Waals surface area contributed by atoms with E-state index in [0.717, 1.165) is 18.7 Å². The molecule has 0 amide bonds. The summed E-state index contributed by atoms with van der Waals surface area (Å²) in [5, 5.41) is 12.3. The first-order valence-electron chi connectivity index (χ1n) is 5.48. The molecule has 4 N–H and O–H groups in total. The van der Waals surface area contributed by atoms with E-state index in [2.05, 4.69) is 17.4 Å². The second-order valence-electron chi connectivity index (χ2n) is 4.15. The molecule has 2 atom stereocenters. The van der Waals surface area contributed by atoms with Crippen molar-refractivity contribution in [2.75, 3.05) is 19.7 Å². The molecule has 1 heterocycles. The van der Waals surface area contributed by atoms with Gasteiger partial charge in [0.05, 0.1) is 12.6 Å². The molecule has 0 radical (unpaired) electrons. The van der Waals surface area contributed by atoms with E-state index in [1.165, 1.54) is 12.0 Å². The minimum absolute atomic E-state index is 0.00430. The van der Waals surface area contributed by atoms with Gasteiger partial charge in [-0.15, -0.1) is 0 Å². The SMILES string of the molecule is NC(CO)c1ccc(C2CCNC2)cc1. The van der Waals surface area contributed by atoms with Crippen LogP contribution in [0.2, 0.25) is 0 Å². The number of nitrogens with two attached hydrogens (primary N) is 1. The second-order valence-corrected chi connectivity index (χ2v) is 4.15. The van der Waals surface area contributed by atoms with E-state index in [4.69, 9.17) is 10.8 Å². The molecular formula is C12H18N2O. The van der Waals surface area contributed by atoms with Gasteiger partial charge < -0.3 is 16.2 Å². The molecule has 15 heavy (non-hydrogen) atoms. The van der Waals surface area contributed by atoms with Crippen molar-refractivity contribution in [1.29, 1.82) is 0 Å². The summed E-state index contributed by atoms with van der Waals surface area (Å²) in [6.07, 6.45) is 1.21. The first kappa shape index (κ1) is 10.6. The highest BCUT2D eigenvalue weighted by Gasteiger charge is 2.16. The Kier molecular flexibility index (Phi) is 3.36. The van der Waals surface area contributed by atoms with Gasteiger partial charge in [0.2, 0.25) is 0 Å². The van der Waals surface area contributed by atoms with Gasteiger partial charge in [-0.25, -0.2) is 0 Å². The first-order valence-corrected chi connectivity index (χ1v) is 5.48. The molecule has 0 spiro atoms. The highest BCUT2D eigenvalue weighted by molar-refractivity contribution is 5.28. The fourth-order valence-electron chi connectivity index (χ4n) is 2.06. The molecule has 1 saturated heterocycles. The van der Waals surface area contributed by atoms with E-state index < -0.39 is 0 Å². The molecule has 2 unspecified atom stereocenters. The molecule has 1 aromatic carbocycles. The van der Waals surface area contributed by atoms with Gasteiger partial charge >= 0.3 is 0 Å². The maximum absolute atomic E-state index is 8.93. The Labute approximate surface area is 90.3 Å². The Hall–Kier alpha value is -0.900. The van der Waals surface area contributed by atoms with E-state index >= 15 is 0 Å². The molecule has 1 aliphatic rings. The molecule has 2 rings (SSSR count). The van der Waals surface area contributed by atoms with E-state index in [0.29, 0.717) is 5.92 Å². The number of aliphatic hydroxyl groups excluding tert-OH is 1. The summed E-state index contributed by atoms with van der Waals surface area (Å²) in [6.45, 7) is 2.19. The van der Waals surface area contributed by atoms with Crippen molar-refractivity contribution in [3.05, 3.63) is 35.4 Å². The standard InChI is InChI=1S/C12H18N2O/c13-12(8-15)10-3-1-9(2-4-10)11-5-6-14-7-11/h1-4,11-12,14-15H,5-8,13H2. The topological polar surface area (TPSA) is 58.3 Å². The highest BCUT2D eigenvalue weighted by atomic mass is 16.3. The van der Waals surface area contributed by atoms with Gasteiger partial charge in [-0.1, -0.05) is 24.3 Å². The fraction of sp³-hybridized carbons (Fsp3) is 0.500. The average Bonchev–Trinajstić information content (AvgIpc) is 2.82. The molecule has 3 nitrogen and oxygen atoms in total. The van der Waals surface area contributed by atoms with Crippen LogP contribution in [0.4, 0.5) is 0 Å². The van der Waals surface area contributed by atoms with Crippen molar-refractivity contribution < 1.29 is 5.11 Å². The fourth-order valence-corrected chi connectivity index (χ4v) is 2.06. The van der Waals surface area contributed by atoms with Gasteiger partial charge in [-0.05, 0) is 30.0 Å². The predicted molar refractivity (Wildman–Crippen MR) is 60.7 cm³/mol. The third-order valence-corrected chi connectivity index (χ3v) is 3.09. The summed E-state index contributed by atoms with van der Waals surface area (Å²) < 4.78 is 0. The number of hydrogen-bond donors (Lipinski definition) is 3. The summed E-state index contributed by atoms with van der Waals surface area (Å²) in [4.78, 5) is 0. The Morgan fingerprint density at radius 1 is 1.40 bits per heavy atom. The highest BCUT2D eigenvalue weighted by Crippen LogP contribution is 2.23. The quantitative estimate of drug-likeness (QED) is 0.684. The summed E-state index contributed by atoms with van der Waals surface area (Å²) in [7, 11) is 0. The van der Waals surface area contributed by atoms with E-state index in [9.17, 15) is 0 Å². The second kappa shape index (κ2) is 4.75. The maximum Gasteiger partial charge on any atom is 0.0624 e. The van der Waals surface area contributed by atoms with E-state index in [1.54, 1.807) is 0 Å². The lowest BCUT2D eigenvalue weighted by Crippen LogP contribution is -2.14. The van der Waals surface area contributed by atoms with Crippen molar-refractivity contribution in [2.24, 2.45) is 5.73 Å². The lowest BCUT2D eigenvalue weighted by molar-refractivity contribution is 0.268. The molecule has 1 aliphatic heterocycles. The van der Waals surface area contributed by atoms with Gasteiger partial charge in [-0.2, -0.15) is 0 Å². The molecule has 0 bridgehead atoms. The molecule has 0 aromatic heterocycles. The van der Waals surface area contributed by atoms with Gasteiger partial charge in [0.25, 0.3) is 0 Å². The molecule has 1 aromatic rings. The zero-order valence-electron chi connectivity index (χ0n) is 8.82. The summed E-state index contributed by atoms with van der Waals surface area (Å²) in [5.74, 6) is 0.643. The van der Waals surface area contributed by atoms with Gasteiger partial charge in [0, 0.05) is 6.54 Å². The van der Waals surface area contributed by atoms with Crippen LogP contribution in [0.3, 0.4) is 0 Å². The predicted octanol–water partition coefficient (Wildman–Crippen LogP) is 0.756. The van der Waals surface area contributed by atoms with Crippen LogP contribution < -0.4 is 11.1 Å². The Bertz CT molecular complexity index is 304. The monoisotopic (exact) mass is 206 g/mol. The van der Waals surface area contributed by atoms with Crippen LogP contribution in [-0.4, -0.2) is 24.8 Å². The third kappa shape index (κ3) is 2.37. The smallest absolute Gasteiger partial charge is 0.0624 e. The van der Waals surface area contributed by atoms with Crippen molar-refractivity contribution in [1.82, 2.24) is 5.32 Å². The maximum atomic E-state index is 8.93. The van der Waals surface area contributed by atoms with E-state index in [-0.39, 0.29) is 12.6 Å². The van der Waals surface area contributed by atoms with E-state index in [1.807, 2.05) is 12.1 Å². The number of hydrogen-bond acceptors (Lipinski definition) is 3. The number of benzene rings is 1. The zero-order valence-corrected chi connectivity index (χ0v) is 8.82. The Balaban J connectivity index is 2.09. The summed E-state index contributed by atoms with van der Waals surface area (Å²) >= 11 is 0. The first-order chi connectivity index (χ1) is 7.31. The molecular weight excluding hydrogens is 188 g/mol. The number of nitrogens with one attached hydrogen (secondary N) is 1. The normalized spacial score (nSPS) is 22.9. The van der Waals surface area contributed by atoms with Crippen LogP contribution in [-0.2, 0) is 0 Å². The molecule has 0 aliphatic carbocycles. The molecule has 1 fully saturated rings. The lowest BCUT2D eigenvalue weighted by atomic mass is 9.96. The number of aliphatic hydroxyl groups is 1. The zero-order chi connectivity index (χ0) is 10.7. The third-order valence-electron chi connectivity index (χ3n) is 3.09. The van der Waals surface area contributed by atoms with Gasteiger partial charge in [0.1, 0.15) is 0 Å². The van der Waals surface area contributed by atoms with Crippen molar-refractivity contribution in [3.63, 3.8) is 0 Å². The van der Waals surface area contributed by atoms with Crippen LogP contribution in [0.1, 0.15) is 29.5 Å². The van der Waals surface area contributed by atoms with Crippen LogP contribution in [0.15, 0.2) is 24.3 Å². The minimum atomic E-state index is -0.249. The van der Waals surface area contributed by atoms with Gasteiger partial charge in [-0.3, -0.25) is 0 Å². The minimum Gasteiger partial charge on any atom is -0.394 e. The van der Waals surface area contributed by atoms with Gasteiger partial charge in [0.15, 0.2) is 0 Å². The Morgan fingerprint density at radius 2 is 2.13 bits per heavy atom. The van der Waals surface area contributed by atoms with Crippen molar-refractivity contribution in [2.45, 2.75) is 18.4 Å². The summed E-state index contributed by atoms with van der Waals surface area (Å²) in [6, 6.07) is 8.05. The molecule has 3 heteroatoms. The lowest BCUT2D eigenvalue weighted by Gasteiger charge is -2.12. The van der Waals surface area contributed by atoms with Crippen LogP contribution in [0.5, 0.6) is 0 Å². The largest absolute Gasteiger partial charge is 0.394 e. The van der Waals surface area contributed by atoms with Crippen molar-refractivity contribution in [3.8, 4) is 0 Å². The van der Waals surface area contributed by atoms with Crippen molar-refractivity contribution >= 4 is 0 Å². The van der Waals surface area contributed by atoms with Crippen LogP contribution in [0.25, 0.3) is 0 Å². The molecule has 0 saturated carbocycles. The van der Waals surface area contributed by atoms with Crippen LogP contribution >= 0.6 is 0 Å². The Morgan fingerprint density at radius 3 is 2.67 bits per heavy atom. The molecule has 82 valence electrons. The average molecular weight is 206 g/mol.